The van der Waals surface area contributed by atoms with E-state index >= 15 is 0 Å². The lowest BCUT2D eigenvalue weighted by atomic mass is 10.2. The molecule has 33 heavy (non-hydrogen) atoms. The topological polar surface area (TPSA) is 117 Å². The van der Waals surface area contributed by atoms with Crippen LogP contribution in [0.25, 0.3) is 17.5 Å². The molecule has 0 spiro atoms. The van der Waals surface area contributed by atoms with Gasteiger partial charge in [-0.2, -0.15) is 5.10 Å². The summed E-state index contributed by atoms with van der Waals surface area (Å²) in [6.45, 7) is 4.42. The molecule has 3 N–H and O–H groups in total. The minimum atomic E-state index is -0.108. The molecular formula is C23H23N9O. The first kappa shape index (κ1) is 20.4. The van der Waals surface area contributed by atoms with Gasteiger partial charge < -0.3 is 20.5 Å². The van der Waals surface area contributed by atoms with Crippen molar-refractivity contribution in [2.45, 2.75) is 27.1 Å². The molecule has 5 rings (SSSR count). The van der Waals surface area contributed by atoms with Crippen molar-refractivity contribution in [2.75, 3.05) is 15.5 Å². The standard InChI is InChI=1S/C23H23N9O/c1-15-5-3-8-19(27-15)22-23(31-10-9-21-25-13-26-32(21)14-31)30-20(29-22)12-24-17-6-4-7-18(11-17)28-16(2)33/h3-11,13,24H,12,14H2,1-2H3,(H,28,33)(H,29,30). The Morgan fingerprint density at radius 1 is 1.15 bits per heavy atom. The maximum absolute atomic E-state index is 11.3. The van der Waals surface area contributed by atoms with E-state index in [1.54, 1.807) is 6.33 Å². The van der Waals surface area contributed by atoms with Gasteiger partial charge in [-0.1, -0.05) is 12.1 Å². The van der Waals surface area contributed by atoms with Crippen LogP contribution < -0.4 is 15.5 Å². The van der Waals surface area contributed by atoms with E-state index in [2.05, 4.69) is 30.7 Å². The molecule has 0 unspecified atom stereocenters. The van der Waals surface area contributed by atoms with Crippen LogP contribution in [0.3, 0.4) is 0 Å². The Morgan fingerprint density at radius 3 is 2.85 bits per heavy atom. The second-order valence-corrected chi connectivity index (χ2v) is 7.71. The number of nitrogens with one attached hydrogen (secondary N) is 3. The molecule has 4 aromatic rings. The molecule has 1 aromatic carbocycles. The number of aromatic amines is 1. The number of amides is 1. The molecule has 166 valence electrons. The van der Waals surface area contributed by atoms with Crippen LogP contribution in [0.2, 0.25) is 0 Å². The zero-order valence-electron chi connectivity index (χ0n) is 18.3. The number of imidazole rings is 1. The van der Waals surface area contributed by atoms with E-state index in [-0.39, 0.29) is 5.91 Å². The third kappa shape index (κ3) is 4.45. The lowest BCUT2D eigenvalue weighted by Gasteiger charge is -2.22. The van der Waals surface area contributed by atoms with E-state index in [1.807, 2.05) is 71.2 Å². The molecule has 10 nitrogen and oxygen atoms in total. The summed E-state index contributed by atoms with van der Waals surface area (Å²) in [5.41, 5.74) is 4.18. The van der Waals surface area contributed by atoms with Gasteiger partial charge in [0.2, 0.25) is 5.91 Å². The smallest absolute Gasteiger partial charge is 0.221 e. The number of carbonyl (C=O) groups is 1. The van der Waals surface area contributed by atoms with Crippen LogP contribution in [0.1, 0.15) is 24.3 Å². The zero-order valence-corrected chi connectivity index (χ0v) is 18.3. The lowest BCUT2D eigenvalue weighted by molar-refractivity contribution is -0.114. The minimum absolute atomic E-state index is 0.108. The maximum Gasteiger partial charge on any atom is 0.221 e. The van der Waals surface area contributed by atoms with Crippen molar-refractivity contribution in [3.05, 3.63) is 72.3 Å². The van der Waals surface area contributed by atoms with Crippen molar-refractivity contribution in [3.63, 3.8) is 0 Å². The average molecular weight is 441 g/mol. The summed E-state index contributed by atoms with van der Waals surface area (Å²) in [5.74, 6) is 2.21. The van der Waals surface area contributed by atoms with Gasteiger partial charge in [-0.05, 0) is 43.3 Å². The maximum atomic E-state index is 11.3. The number of hydrogen-bond donors (Lipinski definition) is 3. The number of aromatic nitrogens is 6. The van der Waals surface area contributed by atoms with Gasteiger partial charge >= 0.3 is 0 Å². The molecule has 4 heterocycles. The highest BCUT2D eigenvalue weighted by Crippen LogP contribution is 2.30. The Hall–Kier alpha value is -4.47. The molecule has 0 aliphatic carbocycles. The van der Waals surface area contributed by atoms with E-state index in [1.165, 1.54) is 6.92 Å². The van der Waals surface area contributed by atoms with Crippen molar-refractivity contribution in [3.8, 4) is 11.4 Å². The number of hydrogen-bond acceptors (Lipinski definition) is 7. The first-order valence-corrected chi connectivity index (χ1v) is 10.5. The highest BCUT2D eigenvalue weighted by atomic mass is 16.1. The fourth-order valence-electron chi connectivity index (χ4n) is 3.66. The van der Waals surface area contributed by atoms with E-state index in [0.29, 0.717) is 13.2 Å². The summed E-state index contributed by atoms with van der Waals surface area (Å²) >= 11 is 0. The predicted molar refractivity (Wildman–Crippen MR) is 126 cm³/mol. The van der Waals surface area contributed by atoms with Crippen LogP contribution in [-0.2, 0) is 18.0 Å². The summed E-state index contributed by atoms with van der Waals surface area (Å²) < 4.78 is 1.81. The summed E-state index contributed by atoms with van der Waals surface area (Å²) in [4.78, 5) is 30.6. The van der Waals surface area contributed by atoms with Gasteiger partial charge in [-0.25, -0.2) is 14.6 Å². The van der Waals surface area contributed by atoms with Crippen LogP contribution in [0.4, 0.5) is 17.2 Å². The van der Waals surface area contributed by atoms with E-state index in [0.717, 1.165) is 45.9 Å². The number of benzene rings is 1. The molecule has 1 amide bonds. The average Bonchev–Trinajstić information content (AvgIpc) is 3.44. The normalized spacial score (nSPS) is 12.5. The molecule has 0 saturated carbocycles. The molecule has 1 aliphatic heterocycles. The molecule has 1 aliphatic rings. The number of H-pyrrole nitrogens is 1. The summed E-state index contributed by atoms with van der Waals surface area (Å²) in [5, 5.41) is 10.4. The fourth-order valence-corrected chi connectivity index (χ4v) is 3.66. The van der Waals surface area contributed by atoms with Crippen molar-refractivity contribution < 1.29 is 4.79 Å². The van der Waals surface area contributed by atoms with Crippen molar-refractivity contribution in [1.82, 2.24) is 29.7 Å². The Morgan fingerprint density at radius 2 is 2.00 bits per heavy atom. The summed E-state index contributed by atoms with van der Waals surface area (Å²) in [7, 11) is 0. The second-order valence-electron chi connectivity index (χ2n) is 7.71. The quantitative estimate of drug-likeness (QED) is 0.420. The summed E-state index contributed by atoms with van der Waals surface area (Å²) in [6.07, 6.45) is 5.40. The van der Waals surface area contributed by atoms with Crippen molar-refractivity contribution >= 4 is 29.2 Å². The van der Waals surface area contributed by atoms with Gasteiger partial charge in [0.1, 0.15) is 24.5 Å². The number of rotatable bonds is 6. The molecular weight excluding hydrogens is 418 g/mol. The monoisotopic (exact) mass is 441 g/mol. The third-order valence-electron chi connectivity index (χ3n) is 5.13. The van der Waals surface area contributed by atoms with Crippen LogP contribution in [-0.4, -0.2) is 35.6 Å². The molecule has 0 bridgehead atoms. The van der Waals surface area contributed by atoms with E-state index < -0.39 is 0 Å². The third-order valence-corrected chi connectivity index (χ3v) is 5.13. The van der Waals surface area contributed by atoms with Crippen LogP contribution in [0.5, 0.6) is 0 Å². The number of carbonyl (C=O) groups excluding carboxylic acids is 1. The van der Waals surface area contributed by atoms with Gasteiger partial charge in [0.15, 0.2) is 11.6 Å². The molecule has 0 fully saturated rings. The SMILES string of the molecule is CC(=O)Nc1cccc(NCc2nc(N3C=Cc4ncnn4C3)c(-c3cccc(C)n3)[nH]2)c1. The van der Waals surface area contributed by atoms with E-state index in [9.17, 15) is 4.79 Å². The van der Waals surface area contributed by atoms with Gasteiger partial charge in [0.25, 0.3) is 0 Å². The number of aryl methyl sites for hydroxylation is 1. The first-order valence-electron chi connectivity index (χ1n) is 10.5. The van der Waals surface area contributed by atoms with Gasteiger partial charge in [0, 0.05) is 30.2 Å². The van der Waals surface area contributed by atoms with Gasteiger partial charge in [-0.3, -0.25) is 9.78 Å². The fraction of sp³-hybridized carbons (Fsp3) is 0.174. The predicted octanol–water partition coefficient (Wildman–Crippen LogP) is 3.39. The Balaban J connectivity index is 1.43. The summed E-state index contributed by atoms with van der Waals surface area (Å²) in [6, 6.07) is 13.5. The number of nitrogens with zero attached hydrogens (tertiary/aromatic N) is 6. The van der Waals surface area contributed by atoms with Crippen molar-refractivity contribution in [1.29, 1.82) is 0 Å². The second kappa shape index (κ2) is 8.58. The number of anilines is 3. The van der Waals surface area contributed by atoms with E-state index in [4.69, 9.17) is 4.98 Å². The number of pyridine rings is 1. The lowest BCUT2D eigenvalue weighted by Crippen LogP contribution is -2.26. The highest BCUT2D eigenvalue weighted by molar-refractivity contribution is 5.89. The molecule has 3 aromatic heterocycles. The van der Waals surface area contributed by atoms with Crippen LogP contribution in [0.15, 0.2) is 55.0 Å². The Kier molecular flexibility index (Phi) is 5.31. The molecule has 0 saturated heterocycles. The Labute approximate surface area is 190 Å². The number of fused-ring (bicyclic) bond motifs is 1. The molecule has 10 heteroatoms. The van der Waals surface area contributed by atoms with Gasteiger partial charge in [0.05, 0.1) is 12.2 Å². The van der Waals surface area contributed by atoms with Crippen molar-refractivity contribution in [2.24, 2.45) is 0 Å². The zero-order chi connectivity index (χ0) is 22.8. The largest absolute Gasteiger partial charge is 0.378 e. The molecule has 0 atom stereocenters. The highest BCUT2D eigenvalue weighted by Gasteiger charge is 2.21. The minimum Gasteiger partial charge on any atom is -0.378 e. The Bertz CT molecular complexity index is 1340. The van der Waals surface area contributed by atoms with Gasteiger partial charge in [-0.15, -0.1) is 0 Å². The van der Waals surface area contributed by atoms with Crippen LogP contribution in [0, 0.1) is 6.92 Å². The van der Waals surface area contributed by atoms with Crippen LogP contribution >= 0.6 is 0 Å². The first-order chi connectivity index (χ1) is 16.0. The molecule has 0 radical (unpaired) electrons.